The number of hydrogen-bond acceptors (Lipinski definition) is 3. The number of alkyl halides is 2. The highest BCUT2D eigenvalue weighted by Gasteiger charge is 2.43. The van der Waals surface area contributed by atoms with E-state index >= 15 is 0 Å². The summed E-state index contributed by atoms with van der Waals surface area (Å²) in [5, 5.41) is 5.73. The molecular formula is C15H16Cl3F2N3O2. The number of carbonyl (C=O) groups is 2. The zero-order valence-corrected chi connectivity index (χ0v) is 15.2. The molecule has 3 rings (SSSR count). The van der Waals surface area contributed by atoms with Crippen molar-refractivity contribution in [1.29, 1.82) is 0 Å². The van der Waals surface area contributed by atoms with Gasteiger partial charge in [-0.1, -0.05) is 23.2 Å². The van der Waals surface area contributed by atoms with Crippen LogP contribution in [0.4, 0.5) is 14.5 Å². The fraction of sp³-hybridized carbons (Fsp3) is 0.467. The van der Waals surface area contributed by atoms with E-state index in [1.807, 2.05) is 0 Å². The first kappa shape index (κ1) is 20.2. The molecule has 10 heteroatoms. The van der Waals surface area contributed by atoms with Crippen molar-refractivity contribution in [1.82, 2.24) is 10.6 Å². The van der Waals surface area contributed by atoms with Crippen LogP contribution in [0.1, 0.15) is 12.8 Å². The lowest BCUT2D eigenvalue weighted by atomic mass is 10.1. The summed E-state index contributed by atoms with van der Waals surface area (Å²) >= 11 is 11.8. The van der Waals surface area contributed by atoms with Crippen molar-refractivity contribution >= 4 is 53.1 Å². The van der Waals surface area contributed by atoms with Crippen LogP contribution in [0.25, 0.3) is 0 Å². The molecule has 5 nitrogen and oxygen atoms in total. The van der Waals surface area contributed by atoms with Crippen molar-refractivity contribution < 1.29 is 18.4 Å². The first-order valence-electron chi connectivity index (χ1n) is 7.45. The Morgan fingerprint density at radius 2 is 2.04 bits per heavy atom. The minimum atomic E-state index is -2.90. The van der Waals surface area contributed by atoms with Crippen molar-refractivity contribution in [3.05, 3.63) is 28.2 Å². The van der Waals surface area contributed by atoms with Gasteiger partial charge < -0.3 is 10.2 Å². The largest absolute Gasteiger partial charge is 0.343 e. The molecule has 0 aromatic heterocycles. The monoisotopic (exact) mass is 413 g/mol. The number of benzene rings is 1. The van der Waals surface area contributed by atoms with Crippen LogP contribution < -0.4 is 15.5 Å². The fourth-order valence-corrected chi connectivity index (χ4v) is 3.19. The molecule has 0 saturated carbocycles. The Hall–Kier alpha value is -1.15. The molecular weight excluding hydrogens is 399 g/mol. The van der Waals surface area contributed by atoms with E-state index in [1.165, 1.54) is 4.90 Å². The molecule has 2 aliphatic rings. The average Bonchev–Trinajstić information content (AvgIpc) is 3.06. The molecule has 2 unspecified atom stereocenters. The maximum absolute atomic E-state index is 13.2. The highest BCUT2D eigenvalue weighted by Crippen LogP contribution is 2.30. The standard InChI is InChI=1S/C15H15Cl2F2N3O2.ClH/c16-9-2-1-8(5-10(9)17)22-4-3-11(14(22)24)21-13(23)12-6-15(18,19)7-20-12;/h1-2,5,11-12,20H,3-4,6-7H2,(H,21,23);1H. The number of rotatable bonds is 3. The molecule has 2 atom stereocenters. The van der Waals surface area contributed by atoms with Gasteiger partial charge >= 0.3 is 0 Å². The fourth-order valence-electron chi connectivity index (χ4n) is 2.90. The molecule has 138 valence electrons. The maximum Gasteiger partial charge on any atom is 0.262 e. The summed E-state index contributed by atoms with van der Waals surface area (Å²) in [6, 6.07) is 3.11. The van der Waals surface area contributed by atoms with Crippen molar-refractivity contribution in [2.75, 3.05) is 18.0 Å². The molecule has 2 N–H and O–H groups in total. The van der Waals surface area contributed by atoms with E-state index in [1.54, 1.807) is 18.2 Å². The van der Waals surface area contributed by atoms with Gasteiger partial charge in [0.15, 0.2) is 0 Å². The van der Waals surface area contributed by atoms with Gasteiger partial charge in [-0.15, -0.1) is 12.4 Å². The third-order valence-electron chi connectivity index (χ3n) is 4.16. The average molecular weight is 415 g/mol. The maximum atomic E-state index is 13.2. The molecule has 2 saturated heterocycles. The van der Waals surface area contributed by atoms with E-state index in [2.05, 4.69) is 10.6 Å². The number of hydrogen-bond donors (Lipinski definition) is 2. The Labute approximate surface area is 159 Å². The quantitative estimate of drug-likeness (QED) is 0.799. The third kappa shape index (κ3) is 4.34. The minimum absolute atomic E-state index is 0. The van der Waals surface area contributed by atoms with Gasteiger partial charge in [-0.05, 0) is 24.6 Å². The van der Waals surface area contributed by atoms with Gasteiger partial charge in [-0.2, -0.15) is 0 Å². The summed E-state index contributed by atoms with van der Waals surface area (Å²) in [5.41, 5.74) is 0.580. The second-order valence-corrected chi connectivity index (χ2v) is 6.75. The number of amides is 2. The van der Waals surface area contributed by atoms with Crippen LogP contribution in [0.15, 0.2) is 18.2 Å². The molecule has 0 aliphatic carbocycles. The van der Waals surface area contributed by atoms with Crippen LogP contribution in [0.5, 0.6) is 0 Å². The third-order valence-corrected chi connectivity index (χ3v) is 4.90. The minimum Gasteiger partial charge on any atom is -0.343 e. The van der Waals surface area contributed by atoms with Crippen LogP contribution in [-0.2, 0) is 9.59 Å². The highest BCUT2D eigenvalue weighted by molar-refractivity contribution is 6.42. The smallest absolute Gasteiger partial charge is 0.262 e. The molecule has 0 bridgehead atoms. The first-order valence-corrected chi connectivity index (χ1v) is 8.20. The van der Waals surface area contributed by atoms with E-state index in [0.717, 1.165) is 0 Å². The van der Waals surface area contributed by atoms with Gasteiger partial charge in [0.1, 0.15) is 6.04 Å². The first-order chi connectivity index (χ1) is 11.3. The van der Waals surface area contributed by atoms with Gasteiger partial charge in [-0.25, -0.2) is 8.78 Å². The Balaban J connectivity index is 0.00000225. The summed E-state index contributed by atoms with van der Waals surface area (Å²) in [5.74, 6) is -3.78. The summed E-state index contributed by atoms with van der Waals surface area (Å²) < 4.78 is 26.3. The number of carbonyl (C=O) groups excluding carboxylic acids is 2. The number of halogens is 5. The predicted octanol–water partition coefficient (Wildman–Crippen LogP) is 2.63. The molecule has 2 heterocycles. The lowest BCUT2D eigenvalue weighted by molar-refractivity contribution is -0.127. The molecule has 1 aromatic rings. The van der Waals surface area contributed by atoms with Crippen molar-refractivity contribution in [3.63, 3.8) is 0 Å². The number of anilines is 1. The Bertz CT molecular complexity index is 690. The highest BCUT2D eigenvalue weighted by atomic mass is 35.5. The van der Waals surface area contributed by atoms with E-state index in [4.69, 9.17) is 23.2 Å². The van der Waals surface area contributed by atoms with Crippen molar-refractivity contribution in [2.24, 2.45) is 0 Å². The molecule has 2 aliphatic heterocycles. The van der Waals surface area contributed by atoms with Crippen LogP contribution in [0, 0.1) is 0 Å². The van der Waals surface area contributed by atoms with Crippen LogP contribution in [0.2, 0.25) is 10.0 Å². The zero-order chi connectivity index (χ0) is 17.5. The Kier molecular flexibility index (Phi) is 6.14. The lowest BCUT2D eigenvalue weighted by Gasteiger charge is -2.19. The lowest BCUT2D eigenvalue weighted by Crippen LogP contribution is -2.48. The van der Waals surface area contributed by atoms with Crippen LogP contribution in [-0.4, -0.2) is 42.9 Å². The normalized spacial score (nSPS) is 25.0. The topological polar surface area (TPSA) is 61.4 Å². The summed E-state index contributed by atoms with van der Waals surface area (Å²) in [4.78, 5) is 26.0. The van der Waals surface area contributed by atoms with E-state index in [9.17, 15) is 18.4 Å². The molecule has 2 fully saturated rings. The van der Waals surface area contributed by atoms with Gasteiger partial charge in [0.05, 0.1) is 22.6 Å². The van der Waals surface area contributed by atoms with Gasteiger partial charge in [-0.3, -0.25) is 14.9 Å². The summed E-state index contributed by atoms with van der Waals surface area (Å²) in [7, 11) is 0. The van der Waals surface area contributed by atoms with E-state index < -0.39 is 36.9 Å². The van der Waals surface area contributed by atoms with Crippen molar-refractivity contribution in [3.8, 4) is 0 Å². The van der Waals surface area contributed by atoms with Crippen molar-refractivity contribution in [2.45, 2.75) is 30.8 Å². The Morgan fingerprint density at radius 1 is 1.32 bits per heavy atom. The molecule has 2 amide bonds. The van der Waals surface area contributed by atoms with Gasteiger partial charge in [0, 0.05) is 18.7 Å². The zero-order valence-electron chi connectivity index (χ0n) is 12.9. The summed E-state index contributed by atoms with van der Waals surface area (Å²) in [6.07, 6.45) is -0.163. The van der Waals surface area contributed by atoms with E-state index in [-0.39, 0.29) is 18.3 Å². The van der Waals surface area contributed by atoms with Crippen LogP contribution >= 0.6 is 35.6 Å². The summed E-state index contributed by atoms with van der Waals surface area (Å²) in [6.45, 7) is -0.130. The molecule has 0 radical (unpaired) electrons. The molecule has 25 heavy (non-hydrogen) atoms. The van der Waals surface area contributed by atoms with Gasteiger partial charge in [0.2, 0.25) is 11.8 Å². The molecule has 0 spiro atoms. The van der Waals surface area contributed by atoms with Crippen LogP contribution in [0.3, 0.4) is 0 Å². The second-order valence-electron chi connectivity index (χ2n) is 5.93. The second kappa shape index (κ2) is 7.61. The Morgan fingerprint density at radius 3 is 2.64 bits per heavy atom. The molecule has 1 aromatic carbocycles. The number of nitrogens with one attached hydrogen (secondary N) is 2. The SMILES string of the molecule is Cl.O=C(NC1CCN(c2ccc(Cl)c(Cl)c2)C1=O)C1CC(F)(F)CN1. The van der Waals surface area contributed by atoms with Gasteiger partial charge in [0.25, 0.3) is 5.92 Å². The predicted molar refractivity (Wildman–Crippen MR) is 94.0 cm³/mol. The van der Waals surface area contributed by atoms with E-state index in [0.29, 0.717) is 28.7 Å². The number of nitrogens with zero attached hydrogens (tertiary/aromatic N) is 1.